The van der Waals surface area contributed by atoms with Crippen LogP contribution < -0.4 is 10.3 Å². The van der Waals surface area contributed by atoms with Gasteiger partial charge in [0.15, 0.2) is 0 Å². The summed E-state index contributed by atoms with van der Waals surface area (Å²) in [6.07, 6.45) is 6.64. The Bertz CT molecular complexity index is 2040. The van der Waals surface area contributed by atoms with Gasteiger partial charge in [-0.3, -0.25) is 9.59 Å². The highest BCUT2D eigenvalue weighted by molar-refractivity contribution is 8.00. The summed E-state index contributed by atoms with van der Waals surface area (Å²) in [5, 5.41) is 9.71. The summed E-state index contributed by atoms with van der Waals surface area (Å²) in [6.45, 7) is 3.02. The van der Waals surface area contributed by atoms with Crippen molar-refractivity contribution in [3.05, 3.63) is 147 Å². The molecule has 5 aromatic rings. The summed E-state index contributed by atoms with van der Waals surface area (Å²) in [6, 6.07) is 33.2. The molecule has 0 aliphatic carbocycles. The van der Waals surface area contributed by atoms with E-state index in [9.17, 15) is 19.5 Å². The zero-order valence-electron chi connectivity index (χ0n) is 30.0. The van der Waals surface area contributed by atoms with Gasteiger partial charge in [0.1, 0.15) is 17.5 Å². The van der Waals surface area contributed by atoms with Gasteiger partial charge in [0, 0.05) is 55.5 Å². The molecule has 1 fully saturated rings. The Morgan fingerprint density at radius 2 is 1.45 bits per heavy atom. The average molecular weight is 733 g/mol. The first-order valence-corrected chi connectivity index (χ1v) is 19.6. The summed E-state index contributed by atoms with van der Waals surface area (Å²) in [5.41, 5.74) is 4.55. The maximum atomic E-state index is 15.8. The first-order chi connectivity index (χ1) is 25.8. The predicted octanol–water partition coefficient (Wildman–Crippen LogP) is 9.14. The monoisotopic (exact) mass is 732 g/mol. The van der Waals surface area contributed by atoms with E-state index in [4.69, 9.17) is 4.74 Å². The molecular formula is C44H45FN2O5S. The first-order valence-electron chi connectivity index (χ1n) is 18.7. The highest BCUT2D eigenvalue weighted by atomic mass is 32.2. The second kappa shape index (κ2) is 16.0. The number of hydrogen-bond donors (Lipinski definition) is 1. The third-order valence-electron chi connectivity index (χ3n) is 10.8. The second-order valence-electron chi connectivity index (χ2n) is 14.2. The molecule has 2 aliphatic heterocycles. The van der Waals surface area contributed by atoms with Crippen molar-refractivity contribution < 1.29 is 23.8 Å². The van der Waals surface area contributed by atoms with Crippen LogP contribution >= 0.6 is 11.8 Å². The number of ether oxygens (including phenoxy) is 1. The Balaban J connectivity index is 0.937. The molecule has 0 bridgehead atoms. The maximum absolute atomic E-state index is 15.8. The van der Waals surface area contributed by atoms with E-state index < -0.39 is 17.2 Å². The van der Waals surface area contributed by atoms with Crippen LogP contribution in [0.4, 0.5) is 10.1 Å². The summed E-state index contributed by atoms with van der Waals surface area (Å²) >= 11 is 1.94. The predicted molar refractivity (Wildman–Crippen MR) is 210 cm³/mol. The van der Waals surface area contributed by atoms with Gasteiger partial charge in [0.2, 0.25) is 5.43 Å². The van der Waals surface area contributed by atoms with Gasteiger partial charge in [-0.05, 0) is 61.1 Å². The number of halogens is 1. The third kappa shape index (κ3) is 7.36. The van der Waals surface area contributed by atoms with Gasteiger partial charge >= 0.3 is 11.9 Å². The number of carboxylic acid groups (broad SMARTS) is 1. The molecule has 0 amide bonds. The van der Waals surface area contributed by atoms with E-state index in [0.717, 1.165) is 30.6 Å². The lowest BCUT2D eigenvalue weighted by Crippen LogP contribution is -2.39. The minimum atomic E-state index is -1.31. The van der Waals surface area contributed by atoms with Crippen LogP contribution in [0.5, 0.6) is 0 Å². The van der Waals surface area contributed by atoms with Crippen molar-refractivity contribution in [2.24, 2.45) is 0 Å². The molecule has 7 nitrogen and oxygen atoms in total. The van der Waals surface area contributed by atoms with Crippen molar-refractivity contribution in [1.82, 2.24) is 4.57 Å². The summed E-state index contributed by atoms with van der Waals surface area (Å²) < 4.78 is 23.1. The van der Waals surface area contributed by atoms with Crippen molar-refractivity contribution in [3.63, 3.8) is 0 Å². The summed E-state index contributed by atoms with van der Waals surface area (Å²) in [4.78, 5) is 39.7. The topological polar surface area (TPSA) is 88.8 Å². The van der Waals surface area contributed by atoms with Crippen LogP contribution in [0.3, 0.4) is 0 Å². The quantitative estimate of drug-likeness (QED) is 0.0734. The van der Waals surface area contributed by atoms with Crippen molar-refractivity contribution >= 4 is 40.3 Å². The normalized spacial score (nSPS) is 16.1. The molecule has 0 radical (unpaired) electrons. The van der Waals surface area contributed by atoms with Crippen molar-refractivity contribution in [2.45, 2.75) is 75.2 Å². The van der Waals surface area contributed by atoms with Crippen molar-refractivity contribution in [3.8, 4) is 0 Å². The van der Waals surface area contributed by atoms with Gasteiger partial charge in [-0.1, -0.05) is 97.4 Å². The zero-order chi connectivity index (χ0) is 37.0. The zero-order valence-corrected chi connectivity index (χ0v) is 30.8. The van der Waals surface area contributed by atoms with Crippen LogP contribution in [-0.4, -0.2) is 46.6 Å². The molecule has 4 aromatic carbocycles. The van der Waals surface area contributed by atoms with E-state index in [0.29, 0.717) is 56.4 Å². The number of carboxylic acids is 1. The number of aromatic carboxylic acids is 1. The SMILES string of the molecule is CC1CCc2c(N3CCC(OC(=O)CCCCCSC(c4ccccc4)(c4ccccc4)c4ccccc4)CC3)c(F)cc3c(=O)c(C(=O)O)cn1c23. The fraction of sp³-hybridized carbons (Fsp3) is 0.341. The maximum Gasteiger partial charge on any atom is 0.341 e. The minimum Gasteiger partial charge on any atom is -0.477 e. The molecule has 1 atom stereocenters. The number of carbonyl (C=O) groups excluding carboxylic acids is 1. The molecule has 9 heteroatoms. The van der Waals surface area contributed by atoms with E-state index in [1.54, 1.807) is 0 Å². The fourth-order valence-corrected chi connectivity index (χ4v) is 9.68. The molecule has 1 aromatic heterocycles. The molecule has 3 heterocycles. The summed E-state index contributed by atoms with van der Waals surface area (Å²) in [5.74, 6) is -1.10. The Kier molecular flexibility index (Phi) is 11.0. The number of benzene rings is 4. The molecular weight excluding hydrogens is 688 g/mol. The number of aromatic nitrogens is 1. The lowest BCUT2D eigenvalue weighted by molar-refractivity contribution is -0.150. The Labute approximate surface area is 313 Å². The highest BCUT2D eigenvalue weighted by Gasteiger charge is 2.37. The lowest BCUT2D eigenvalue weighted by atomic mass is 9.84. The first kappa shape index (κ1) is 36.5. The molecule has 7 rings (SSSR count). The van der Waals surface area contributed by atoms with Gasteiger partial charge in [-0.15, -0.1) is 11.8 Å². The molecule has 53 heavy (non-hydrogen) atoms. The van der Waals surface area contributed by atoms with Crippen LogP contribution in [-0.2, 0) is 20.7 Å². The van der Waals surface area contributed by atoms with Gasteiger partial charge < -0.3 is 19.3 Å². The van der Waals surface area contributed by atoms with E-state index in [1.807, 2.05) is 28.2 Å². The van der Waals surface area contributed by atoms with Crippen LogP contribution in [0.1, 0.15) is 90.5 Å². The Hall–Kier alpha value is -4.89. The summed E-state index contributed by atoms with van der Waals surface area (Å²) in [7, 11) is 0. The number of piperidine rings is 1. The van der Waals surface area contributed by atoms with Crippen LogP contribution in [0.15, 0.2) is 108 Å². The highest BCUT2D eigenvalue weighted by Crippen LogP contribution is 2.48. The number of nitrogens with zero attached hydrogens (tertiary/aromatic N) is 2. The lowest BCUT2D eigenvalue weighted by Gasteiger charge is -2.36. The number of aryl methyl sites for hydroxylation is 1. The number of hydrogen-bond acceptors (Lipinski definition) is 6. The van der Waals surface area contributed by atoms with Crippen molar-refractivity contribution in [1.29, 1.82) is 0 Å². The molecule has 0 spiro atoms. The fourth-order valence-electron chi connectivity index (χ4n) is 8.11. The van der Waals surface area contributed by atoms with E-state index in [-0.39, 0.29) is 33.8 Å². The van der Waals surface area contributed by atoms with Gasteiger partial charge in [-0.2, -0.15) is 0 Å². The number of unbranched alkanes of at least 4 members (excludes halogenated alkanes) is 2. The van der Waals surface area contributed by atoms with E-state index >= 15 is 4.39 Å². The minimum absolute atomic E-state index is 0.0164. The Morgan fingerprint density at radius 3 is 2.02 bits per heavy atom. The smallest absolute Gasteiger partial charge is 0.341 e. The standard InChI is InChI=1S/C44H45FN2O5S/c1-30-21-22-35-40-36(42(49)37(43(50)51)29-47(30)40)28-38(45)41(35)46-25-23-34(24-26-46)52-39(48)20-12-5-13-27-53-44(31-14-6-2-7-15-31,32-16-8-3-9-17-32)33-18-10-4-11-19-33/h2-4,6-11,14-19,28-30,34H,5,12-13,20-27H2,1H3,(H,50,51). The largest absolute Gasteiger partial charge is 0.477 e. The van der Waals surface area contributed by atoms with E-state index in [2.05, 4.69) is 91.0 Å². The van der Waals surface area contributed by atoms with Crippen molar-refractivity contribution in [2.75, 3.05) is 23.7 Å². The number of thioether (sulfide) groups is 1. The number of pyridine rings is 1. The van der Waals surface area contributed by atoms with E-state index in [1.165, 1.54) is 29.0 Å². The van der Waals surface area contributed by atoms with Crippen LogP contribution in [0.2, 0.25) is 0 Å². The Morgan fingerprint density at radius 1 is 0.868 bits per heavy atom. The molecule has 274 valence electrons. The van der Waals surface area contributed by atoms with Crippen LogP contribution in [0, 0.1) is 5.82 Å². The molecule has 1 N–H and O–H groups in total. The second-order valence-corrected chi connectivity index (χ2v) is 15.5. The molecule has 2 aliphatic rings. The third-order valence-corrected chi connectivity index (χ3v) is 12.4. The van der Waals surface area contributed by atoms with Gasteiger partial charge in [0.05, 0.1) is 16.0 Å². The van der Waals surface area contributed by atoms with Crippen LogP contribution in [0.25, 0.3) is 10.9 Å². The van der Waals surface area contributed by atoms with Gasteiger partial charge in [0.25, 0.3) is 0 Å². The molecule has 1 unspecified atom stereocenters. The molecule has 0 saturated carbocycles. The number of anilines is 1. The number of esters is 1. The molecule has 1 saturated heterocycles. The average Bonchev–Trinajstić information content (AvgIpc) is 3.18. The van der Waals surface area contributed by atoms with Gasteiger partial charge in [-0.25, -0.2) is 9.18 Å². The number of rotatable bonds is 13. The number of carbonyl (C=O) groups is 2.